The van der Waals surface area contributed by atoms with E-state index in [4.69, 9.17) is 4.74 Å². The average Bonchev–Trinajstić information content (AvgIpc) is 2.81. The number of carbonyl (C=O) groups excluding carboxylic acids is 3. The van der Waals surface area contributed by atoms with Gasteiger partial charge in [0.1, 0.15) is 12.2 Å². The number of carbonyl (C=O) groups is 3. The zero-order valence-electron chi connectivity index (χ0n) is 18.2. The molecular weight excluding hydrogens is 428 g/mol. The van der Waals surface area contributed by atoms with Crippen molar-refractivity contribution in [2.75, 3.05) is 41.4 Å². The number of ether oxygens (including phenoxy) is 1. The lowest BCUT2D eigenvalue weighted by Gasteiger charge is -2.31. The Morgan fingerprint density at radius 3 is 2.61 bits per heavy atom. The van der Waals surface area contributed by atoms with Crippen LogP contribution in [0, 0.1) is 16.0 Å². The molecule has 2 aromatic rings. The third kappa shape index (κ3) is 4.79. The lowest BCUT2D eigenvalue weighted by atomic mass is 9.98. The summed E-state index contributed by atoms with van der Waals surface area (Å²) in [6.45, 7) is 2.79. The Morgan fingerprint density at radius 1 is 1.15 bits per heavy atom. The van der Waals surface area contributed by atoms with Gasteiger partial charge in [0.15, 0.2) is 6.61 Å². The van der Waals surface area contributed by atoms with Crippen molar-refractivity contribution in [3.8, 4) is 0 Å². The number of piperidine rings is 1. The Labute approximate surface area is 190 Å². The molecule has 0 unspecified atom stereocenters. The quantitative estimate of drug-likeness (QED) is 0.420. The number of esters is 1. The topological polar surface area (TPSA) is 122 Å². The van der Waals surface area contributed by atoms with Gasteiger partial charge in [0.05, 0.1) is 21.9 Å². The second-order valence-electron chi connectivity index (χ2n) is 8.25. The third-order valence-electron chi connectivity index (χ3n) is 5.93. The van der Waals surface area contributed by atoms with E-state index in [0.717, 1.165) is 12.8 Å². The number of anilines is 3. The fourth-order valence-corrected chi connectivity index (χ4v) is 4.06. The number of nitrogens with zero attached hydrogens (tertiary/aromatic N) is 3. The SMILES string of the molecule is CC1CCN(c2ccc(C(=O)OCC(=O)N3CC(=O)Nc4ccccc43)cc2[N+](=O)[O-])CC1. The van der Waals surface area contributed by atoms with Crippen molar-refractivity contribution in [1.29, 1.82) is 0 Å². The highest BCUT2D eigenvalue weighted by Gasteiger charge is 2.28. The third-order valence-corrected chi connectivity index (χ3v) is 5.93. The summed E-state index contributed by atoms with van der Waals surface area (Å²) in [5.41, 5.74) is 1.28. The Bertz CT molecular complexity index is 1110. The summed E-state index contributed by atoms with van der Waals surface area (Å²) in [5.74, 6) is -1.20. The first kappa shape index (κ1) is 22.3. The van der Waals surface area contributed by atoms with Crippen LogP contribution in [0.2, 0.25) is 0 Å². The van der Waals surface area contributed by atoms with Crippen molar-refractivity contribution in [3.63, 3.8) is 0 Å². The molecule has 1 N–H and O–H groups in total. The molecule has 10 heteroatoms. The molecule has 2 heterocycles. The van der Waals surface area contributed by atoms with Gasteiger partial charge in [-0.1, -0.05) is 19.1 Å². The Hall–Kier alpha value is -3.95. The fraction of sp³-hybridized carbons (Fsp3) is 0.348. The molecule has 2 aliphatic heterocycles. The Balaban J connectivity index is 1.45. The van der Waals surface area contributed by atoms with E-state index in [2.05, 4.69) is 12.2 Å². The zero-order chi connectivity index (χ0) is 23.5. The summed E-state index contributed by atoms with van der Waals surface area (Å²) in [6.07, 6.45) is 1.89. The van der Waals surface area contributed by atoms with Gasteiger partial charge < -0.3 is 15.0 Å². The summed E-state index contributed by atoms with van der Waals surface area (Å²) in [4.78, 5) is 51.4. The van der Waals surface area contributed by atoms with E-state index in [1.807, 2.05) is 4.90 Å². The largest absolute Gasteiger partial charge is 0.452 e. The molecule has 2 aliphatic rings. The van der Waals surface area contributed by atoms with Crippen molar-refractivity contribution in [3.05, 3.63) is 58.1 Å². The molecule has 2 aromatic carbocycles. The first-order chi connectivity index (χ1) is 15.8. The van der Waals surface area contributed by atoms with E-state index < -0.39 is 23.4 Å². The number of fused-ring (bicyclic) bond motifs is 1. The zero-order valence-corrected chi connectivity index (χ0v) is 18.2. The minimum atomic E-state index is -0.847. The van der Waals surface area contributed by atoms with Crippen LogP contribution in [0.3, 0.4) is 0 Å². The molecule has 0 bridgehead atoms. The Kier molecular flexibility index (Phi) is 6.25. The van der Waals surface area contributed by atoms with Gasteiger partial charge in [-0.2, -0.15) is 0 Å². The van der Waals surface area contributed by atoms with Crippen LogP contribution < -0.4 is 15.1 Å². The second-order valence-corrected chi connectivity index (χ2v) is 8.25. The van der Waals surface area contributed by atoms with Crippen LogP contribution in [-0.4, -0.2) is 48.9 Å². The number of hydrogen-bond acceptors (Lipinski definition) is 7. The van der Waals surface area contributed by atoms with Gasteiger partial charge in [0.25, 0.3) is 11.6 Å². The van der Waals surface area contributed by atoms with Gasteiger partial charge >= 0.3 is 5.97 Å². The number of nitro groups is 1. The molecule has 0 aliphatic carbocycles. The van der Waals surface area contributed by atoms with Crippen LogP contribution in [0.25, 0.3) is 0 Å². The van der Waals surface area contributed by atoms with Crippen LogP contribution in [0.4, 0.5) is 22.7 Å². The molecule has 1 fully saturated rings. The van der Waals surface area contributed by atoms with E-state index in [1.54, 1.807) is 30.3 Å². The van der Waals surface area contributed by atoms with Gasteiger partial charge in [0, 0.05) is 19.2 Å². The van der Waals surface area contributed by atoms with Crippen LogP contribution in [-0.2, 0) is 14.3 Å². The van der Waals surface area contributed by atoms with E-state index in [-0.39, 0.29) is 23.7 Å². The molecule has 33 heavy (non-hydrogen) atoms. The predicted molar refractivity (Wildman–Crippen MR) is 121 cm³/mol. The summed E-state index contributed by atoms with van der Waals surface area (Å²) in [6, 6.07) is 11.0. The molecule has 0 atom stereocenters. The fourth-order valence-electron chi connectivity index (χ4n) is 4.06. The summed E-state index contributed by atoms with van der Waals surface area (Å²) in [5, 5.41) is 14.3. The molecule has 0 saturated carbocycles. The van der Waals surface area contributed by atoms with Gasteiger partial charge in [0.2, 0.25) is 5.91 Å². The maximum absolute atomic E-state index is 12.7. The van der Waals surface area contributed by atoms with E-state index >= 15 is 0 Å². The number of rotatable bonds is 5. The number of hydrogen-bond donors (Lipinski definition) is 1. The van der Waals surface area contributed by atoms with Crippen molar-refractivity contribution in [2.45, 2.75) is 19.8 Å². The number of para-hydroxylation sites is 2. The van der Waals surface area contributed by atoms with Crippen LogP contribution in [0.5, 0.6) is 0 Å². The summed E-state index contributed by atoms with van der Waals surface area (Å²) >= 11 is 0. The molecule has 2 amide bonds. The first-order valence-corrected chi connectivity index (χ1v) is 10.7. The Morgan fingerprint density at radius 2 is 1.88 bits per heavy atom. The van der Waals surface area contributed by atoms with Gasteiger partial charge in [-0.3, -0.25) is 24.6 Å². The first-order valence-electron chi connectivity index (χ1n) is 10.7. The predicted octanol–water partition coefficient (Wildman–Crippen LogP) is 2.97. The molecule has 10 nitrogen and oxygen atoms in total. The summed E-state index contributed by atoms with van der Waals surface area (Å²) < 4.78 is 5.13. The van der Waals surface area contributed by atoms with Crippen molar-refractivity contribution >= 4 is 40.5 Å². The highest BCUT2D eigenvalue weighted by molar-refractivity contribution is 6.10. The standard InChI is InChI=1S/C23H24N4O6/c1-15-8-10-25(11-9-15)19-7-6-16(12-20(19)27(31)32)23(30)33-14-22(29)26-13-21(28)24-17-4-2-3-5-18(17)26/h2-7,12,15H,8-11,13-14H2,1H3,(H,24,28). The molecule has 4 rings (SSSR count). The lowest BCUT2D eigenvalue weighted by Crippen LogP contribution is -2.44. The van der Waals surface area contributed by atoms with Crippen molar-refractivity contribution in [2.24, 2.45) is 5.92 Å². The monoisotopic (exact) mass is 452 g/mol. The smallest absolute Gasteiger partial charge is 0.338 e. The molecular formula is C23H24N4O6. The van der Waals surface area contributed by atoms with Gasteiger partial charge in [-0.15, -0.1) is 0 Å². The van der Waals surface area contributed by atoms with E-state index in [1.165, 1.54) is 17.0 Å². The van der Waals surface area contributed by atoms with E-state index in [9.17, 15) is 24.5 Å². The summed E-state index contributed by atoms with van der Waals surface area (Å²) in [7, 11) is 0. The van der Waals surface area contributed by atoms with Crippen LogP contribution in [0.15, 0.2) is 42.5 Å². The number of benzene rings is 2. The van der Waals surface area contributed by atoms with E-state index in [0.29, 0.717) is 36.1 Å². The second kappa shape index (κ2) is 9.27. The number of nitro benzene ring substituents is 1. The van der Waals surface area contributed by atoms with Crippen LogP contribution in [0.1, 0.15) is 30.1 Å². The maximum atomic E-state index is 12.7. The van der Waals surface area contributed by atoms with Gasteiger partial charge in [-0.05, 0) is 43.0 Å². The van der Waals surface area contributed by atoms with Crippen molar-refractivity contribution < 1.29 is 24.0 Å². The van der Waals surface area contributed by atoms with Crippen molar-refractivity contribution in [1.82, 2.24) is 0 Å². The number of amides is 2. The normalized spacial score (nSPS) is 16.1. The average molecular weight is 452 g/mol. The highest BCUT2D eigenvalue weighted by atomic mass is 16.6. The minimum Gasteiger partial charge on any atom is -0.452 e. The highest BCUT2D eigenvalue weighted by Crippen LogP contribution is 2.33. The lowest BCUT2D eigenvalue weighted by molar-refractivity contribution is -0.384. The molecule has 0 aromatic heterocycles. The maximum Gasteiger partial charge on any atom is 0.338 e. The molecule has 1 saturated heterocycles. The number of nitrogens with one attached hydrogen (secondary N) is 1. The van der Waals surface area contributed by atoms with Crippen LogP contribution >= 0.6 is 0 Å². The molecule has 172 valence electrons. The van der Waals surface area contributed by atoms with Gasteiger partial charge in [-0.25, -0.2) is 4.79 Å². The minimum absolute atomic E-state index is 0.0135. The molecule has 0 radical (unpaired) electrons. The molecule has 0 spiro atoms.